The third-order valence-electron chi connectivity index (χ3n) is 3.06. The second-order valence-corrected chi connectivity index (χ2v) is 10.1. The van der Waals surface area contributed by atoms with Crippen LogP contribution in [0.2, 0.25) is 0 Å². The largest absolute Gasteiger partial charge is 0.214 e. The molecule has 3 aromatic carbocycles. The summed E-state index contributed by atoms with van der Waals surface area (Å²) in [6, 6.07) is 27.4. The maximum absolute atomic E-state index is 4.93. The summed E-state index contributed by atoms with van der Waals surface area (Å²) in [7, 11) is 9.72. The average molecular weight is 424 g/mol. The minimum Gasteiger partial charge on any atom is -0.214 e. The molecule has 0 unspecified atom stereocenters. The molecule has 0 nitrogen and oxygen atoms in total. The van der Waals surface area contributed by atoms with Crippen LogP contribution in [-0.2, 0) is 20.8 Å². The van der Waals surface area contributed by atoms with Gasteiger partial charge in [0.1, 0.15) is 0 Å². The third kappa shape index (κ3) is 5.56. The van der Waals surface area contributed by atoms with Gasteiger partial charge in [-0.3, -0.25) is 0 Å². The SMILES string of the molecule is [Cl][Zr+2][Cl].c1cc[cH-]c1.c1ccc2[cH-]c(-p3cccc3)cc2c1. The Bertz CT molecular complexity index is 692. The fourth-order valence-electron chi connectivity index (χ4n) is 2.11. The summed E-state index contributed by atoms with van der Waals surface area (Å²) in [5, 5.41) is 4.18. The van der Waals surface area contributed by atoms with Gasteiger partial charge in [-0.2, -0.15) is 24.3 Å². The molecule has 0 aliphatic carbocycles. The summed E-state index contributed by atoms with van der Waals surface area (Å²) < 4.78 is 0. The number of rotatable bonds is 1. The molecular formula is C18H15Cl2PZr. The molecule has 4 aromatic rings. The molecule has 0 saturated heterocycles. The summed E-state index contributed by atoms with van der Waals surface area (Å²) in [5.74, 6) is 4.59. The molecule has 0 saturated carbocycles. The van der Waals surface area contributed by atoms with E-state index in [9.17, 15) is 0 Å². The number of hydrogen-bond donors (Lipinski definition) is 0. The van der Waals surface area contributed by atoms with Gasteiger partial charge in [-0.1, -0.05) is 23.5 Å². The van der Waals surface area contributed by atoms with E-state index in [1.54, 1.807) is 0 Å². The van der Waals surface area contributed by atoms with Gasteiger partial charge in [-0.15, -0.1) is 42.6 Å². The Labute approximate surface area is 151 Å². The van der Waals surface area contributed by atoms with E-state index in [0.717, 1.165) is 0 Å². The van der Waals surface area contributed by atoms with Crippen LogP contribution in [-0.4, -0.2) is 0 Å². The van der Waals surface area contributed by atoms with Gasteiger partial charge in [0.05, 0.1) is 0 Å². The minimum absolute atomic E-state index is 0.148. The van der Waals surface area contributed by atoms with Crippen molar-refractivity contribution in [1.29, 1.82) is 0 Å². The molecule has 1 heterocycles. The van der Waals surface area contributed by atoms with Gasteiger partial charge < -0.3 is 0 Å². The van der Waals surface area contributed by atoms with Gasteiger partial charge in [-0.05, 0) is 11.6 Å². The topological polar surface area (TPSA) is 0 Å². The smallest absolute Gasteiger partial charge is 0.0395 e. The van der Waals surface area contributed by atoms with Gasteiger partial charge in [-0.25, -0.2) is 12.1 Å². The molecule has 0 N–H and O–H groups in total. The number of halogens is 2. The first-order valence-electron chi connectivity index (χ1n) is 6.77. The Morgan fingerprint density at radius 3 is 2.05 bits per heavy atom. The normalized spacial score (nSPS) is 9.18. The predicted molar refractivity (Wildman–Crippen MR) is 97.3 cm³/mol. The molecule has 4 heteroatoms. The van der Waals surface area contributed by atoms with Crippen LogP contribution in [0.1, 0.15) is 0 Å². The zero-order valence-electron chi connectivity index (χ0n) is 11.9. The molecule has 4 rings (SSSR count). The van der Waals surface area contributed by atoms with Crippen LogP contribution >= 0.6 is 24.6 Å². The van der Waals surface area contributed by atoms with Crippen molar-refractivity contribution in [2.24, 2.45) is 0 Å². The Kier molecular flexibility index (Phi) is 8.28. The number of hydrogen-bond acceptors (Lipinski definition) is 0. The molecule has 1 aromatic heterocycles. The van der Waals surface area contributed by atoms with E-state index in [1.807, 2.05) is 30.3 Å². The molecule has 0 bridgehead atoms. The van der Waals surface area contributed by atoms with Crippen LogP contribution in [0.15, 0.2) is 90.5 Å². The first-order valence-corrected chi connectivity index (χ1v) is 14.6. The second kappa shape index (κ2) is 10.2. The summed E-state index contributed by atoms with van der Waals surface area (Å²) in [6.45, 7) is 0. The molecule has 0 atom stereocenters. The van der Waals surface area contributed by atoms with Gasteiger partial charge in [0.15, 0.2) is 0 Å². The zero-order valence-corrected chi connectivity index (χ0v) is 16.7. The molecule has 0 amide bonds. The van der Waals surface area contributed by atoms with Crippen LogP contribution in [0.25, 0.3) is 16.1 Å². The van der Waals surface area contributed by atoms with E-state index in [2.05, 4.69) is 60.1 Å². The van der Waals surface area contributed by atoms with Crippen molar-refractivity contribution in [1.82, 2.24) is 0 Å². The first-order chi connectivity index (χ1) is 10.8. The molecule has 0 radical (unpaired) electrons. The summed E-state index contributed by atoms with van der Waals surface area (Å²) >= 11 is -0.826. The molecule has 0 aliphatic heterocycles. The van der Waals surface area contributed by atoms with Crippen molar-refractivity contribution >= 4 is 35.3 Å². The van der Waals surface area contributed by atoms with Crippen molar-refractivity contribution in [2.75, 3.05) is 0 Å². The van der Waals surface area contributed by atoms with E-state index in [-0.39, 0.29) is 7.53 Å². The quantitative estimate of drug-likeness (QED) is 0.281. The van der Waals surface area contributed by atoms with Crippen molar-refractivity contribution in [3.8, 4) is 5.30 Å². The second-order valence-electron chi connectivity index (χ2n) is 4.47. The fraction of sp³-hybridized carbons (Fsp3) is 0. The van der Waals surface area contributed by atoms with Gasteiger partial charge in [0.25, 0.3) is 0 Å². The third-order valence-corrected chi connectivity index (χ3v) is 4.90. The Balaban J connectivity index is 0.000000184. The maximum atomic E-state index is 4.93. The Hall–Kier alpha value is -0.577. The van der Waals surface area contributed by atoms with E-state index in [0.29, 0.717) is 0 Å². The van der Waals surface area contributed by atoms with Crippen LogP contribution in [0.5, 0.6) is 0 Å². The van der Waals surface area contributed by atoms with Crippen molar-refractivity contribution in [2.45, 2.75) is 0 Å². The van der Waals surface area contributed by atoms with Crippen molar-refractivity contribution in [3.05, 3.63) is 90.5 Å². The van der Waals surface area contributed by atoms with E-state index in [4.69, 9.17) is 17.0 Å². The molecule has 22 heavy (non-hydrogen) atoms. The molecule has 0 spiro atoms. The van der Waals surface area contributed by atoms with Gasteiger partial charge in [0, 0.05) is 0 Å². The molecule has 0 fully saturated rings. The summed E-state index contributed by atoms with van der Waals surface area (Å²) in [5.41, 5.74) is 0. The molecule has 110 valence electrons. The van der Waals surface area contributed by atoms with Crippen LogP contribution in [0.4, 0.5) is 0 Å². The van der Waals surface area contributed by atoms with Crippen LogP contribution in [0, 0.1) is 0 Å². The first kappa shape index (κ1) is 17.8. The van der Waals surface area contributed by atoms with Gasteiger partial charge >= 0.3 is 37.9 Å². The van der Waals surface area contributed by atoms with Crippen molar-refractivity contribution < 1.29 is 20.8 Å². The van der Waals surface area contributed by atoms with Gasteiger partial charge in [0.2, 0.25) is 0 Å². The maximum Gasteiger partial charge on any atom is -0.0395 e. The van der Waals surface area contributed by atoms with E-state index >= 15 is 0 Å². The minimum atomic E-state index is -0.826. The van der Waals surface area contributed by atoms with Crippen LogP contribution in [0.3, 0.4) is 0 Å². The van der Waals surface area contributed by atoms with E-state index < -0.39 is 20.8 Å². The Morgan fingerprint density at radius 1 is 0.864 bits per heavy atom. The predicted octanol–water partition coefficient (Wildman–Crippen LogP) is 7.32. The number of fused-ring (bicyclic) bond motifs is 1. The van der Waals surface area contributed by atoms with E-state index in [1.165, 1.54) is 16.1 Å². The molecule has 0 aliphatic rings. The Morgan fingerprint density at radius 2 is 1.50 bits per heavy atom. The zero-order chi connectivity index (χ0) is 15.6. The number of benzene rings is 1. The van der Waals surface area contributed by atoms with Crippen LogP contribution < -0.4 is 0 Å². The average Bonchev–Trinajstić information content (AvgIpc) is 3.29. The standard InChI is InChI=1S/C13H10P.C5H5.2ClH.Zr/c1-2-6-12-10-13(9-11(12)5-1)14-7-3-4-8-14;1-2-4-5-3-1;;;/h1-10H;1-5H;2*1H;/q2*-1;;;+4/p-2. The monoisotopic (exact) mass is 422 g/mol. The molecular weight excluding hydrogens is 409 g/mol. The summed E-state index contributed by atoms with van der Waals surface area (Å²) in [4.78, 5) is 0. The fourth-order valence-corrected chi connectivity index (χ4v) is 3.70. The summed E-state index contributed by atoms with van der Waals surface area (Å²) in [6.07, 6.45) is 0. The van der Waals surface area contributed by atoms with Crippen molar-refractivity contribution in [3.63, 3.8) is 0 Å².